The van der Waals surface area contributed by atoms with Gasteiger partial charge in [-0.2, -0.15) is 0 Å². The second-order valence-electron chi connectivity index (χ2n) is 26.7. The van der Waals surface area contributed by atoms with Crippen LogP contribution in [0.2, 0.25) is 0 Å². The first-order chi connectivity index (χ1) is 45.8. The van der Waals surface area contributed by atoms with E-state index in [9.17, 15) is 0 Å². The predicted molar refractivity (Wildman–Crippen MR) is 384 cm³/mol. The monoisotopic (exact) mass is 1390 g/mol. The van der Waals surface area contributed by atoms with Crippen molar-refractivity contribution in [3.63, 3.8) is 0 Å². The third-order valence-corrected chi connectivity index (χ3v) is 19.9. The maximum atomic E-state index is 7.35. The number of imidazole rings is 1. The Kier molecular flexibility index (Phi) is 14.4. The molecule has 1 unspecified atom stereocenters. The van der Waals surface area contributed by atoms with Crippen molar-refractivity contribution >= 4 is 45.3 Å². The van der Waals surface area contributed by atoms with Gasteiger partial charge in [-0.05, 0) is 69.6 Å². The number of anilines is 6. The molecule has 14 aromatic rings. The van der Waals surface area contributed by atoms with Crippen LogP contribution < -0.4 is 14.5 Å². The number of fused-ring (bicyclic) bond motifs is 9. The Morgan fingerprint density at radius 1 is 0.340 bits per heavy atom. The van der Waals surface area contributed by atoms with Crippen LogP contribution in [-0.2, 0) is 35.6 Å². The Morgan fingerprint density at radius 3 is 1.46 bits per heavy atom. The van der Waals surface area contributed by atoms with Crippen molar-refractivity contribution in [1.29, 1.82) is 0 Å². The minimum atomic E-state index is -0.867. The molecular formula is C87H69N5OPt. The summed E-state index contributed by atoms with van der Waals surface area (Å²) in [5, 5.41) is 0. The van der Waals surface area contributed by atoms with E-state index in [0.717, 1.165) is 105 Å². The Morgan fingerprint density at radius 2 is 0.830 bits per heavy atom. The number of hydrogen-bond donors (Lipinski definition) is 0. The van der Waals surface area contributed by atoms with Crippen LogP contribution in [0.15, 0.2) is 310 Å². The first-order valence-electron chi connectivity index (χ1n) is 32.3. The summed E-state index contributed by atoms with van der Waals surface area (Å²) in [4.78, 5) is 10.2. The molecule has 0 fully saturated rings. The van der Waals surface area contributed by atoms with Crippen LogP contribution in [-0.4, -0.2) is 14.1 Å². The Bertz CT molecular complexity index is 5220. The number of pyridine rings is 1. The Balaban J connectivity index is 0.914. The molecule has 2 aliphatic rings. The average molecular weight is 1400 g/mol. The molecule has 6 nitrogen and oxygen atoms in total. The molecule has 12 aromatic carbocycles. The summed E-state index contributed by atoms with van der Waals surface area (Å²) in [6.45, 7) is 13.7. The molecule has 0 bridgehead atoms. The van der Waals surface area contributed by atoms with Gasteiger partial charge < -0.3 is 4.90 Å². The molecule has 1 atom stereocenters. The zero-order valence-electron chi connectivity index (χ0n) is 53.4. The zero-order chi connectivity index (χ0) is 63.9. The number of nitrogens with zero attached hydrogens (tertiary/aromatic N) is 5. The maximum absolute atomic E-state index is 7.35. The molecule has 0 N–H and O–H groups in total. The van der Waals surface area contributed by atoms with Crippen LogP contribution in [0.4, 0.5) is 34.3 Å². The molecule has 0 radical (unpaired) electrons. The molecule has 0 amide bonds. The van der Waals surface area contributed by atoms with Gasteiger partial charge in [-0.15, -0.1) is 0 Å². The third-order valence-electron chi connectivity index (χ3n) is 18.9. The second-order valence-corrected chi connectivity index (χ2v) is 27.7. The van der Waals surface area contributed by atoms with Crippen molar-refractivity contribution in [2.24, 2.45) is 0 Å². The van der Waals surface area contributed by atoms with Crippen molar-refractivity contribution in [3.05, 3.63) is 347 Å². The first kappa shape index (κ1) is 58.4. The second kappa shape index (κ2) is 23.2. The summed E-state index contributed by atoms with van der Waals surface area (Å²) in [6, 6.07) is 111. The normalized spacial score (nSPS) is 14.1. The van der Waals surface area contributed by atoms with Gasteiger partial charge in [0.15, 0.2) is 0 Å². The van der Waals surface area contributed by atoms with E-state index >= 15 is 0 Å². The average Bonchev–Trinajstić information content (AvgIpc) is 0.803. The van der Waals surface area contributed by atoms with Gasteiger partial charge in [-0.25, -0.2) is 0 Å². The van der Waals surface area contributed by atoms with Crippen LogP contribution in [0.3, 0.4) is 0 Å². The molecule has 2 aliphatic heterocycles. The van der Waals surface area contributed by atoms with Crippen LogP contribution in [0.5, 0.6) is 11.5 Å². The molecule has 7 heteroatoms. The fourth-order valence-corrected chi connectivity index (χ4v) is 15.5. The number of rotatable bonds is 10. The number of benzene rings is 12. The molecule has 94 heavy (non-hydrogen) atoms. The number of ether oxygens (including phenoxy) is 1. The SMILES string of the molecule is CC(C)(C)c1ccnc(N2c3cc(Oc4cccc(-n5[c](=[Pt])n(-c6c(-c7ccccc7)cc(C(C)(C)C)cc6-c6ccccc6)c6ccccc65)c4)ccc3C3(c4ccccc4N(c4ccccc4)c4cc(-c5ccccc5)ccc43)c3cc(-c4ccccc4)ccc32)c1. The molecule has 1 spiro atoms. The standard InChI is InChI=1S/C87H69N5O.Pt/c1-85(2,3)65-49-50-88-83(55-65)92-78-48-44-63(59-27-12-7-13-28-59)51-76(78)87(73-39-22-23-40-77(73)91(67-35-20-11-21-36-67)81-52-64(43-46-74(81)87)60-29-14-8-15-30-60)75-47-45-70(57-82(75)92)93-69-38-26-37-68(56-69)89-58-90(80-42-25-24-41-79(80)89)84-71(61-31-16-9-17-32-61)53-66(86(4,5)6)54-72(84)62-33-18-10-19-34-62;/h7-57H,1-6H3;. The van der Waals surface area contributed by atoms with Crippen LogP contribution in [0.25, 0.3) is 66.9 Å². The van der Waals surface area contributed by atoms with Gasteiger partial charge in [0.05, 0.1) is 11.4 Å². The quantitative estimate of drug-likeness (QED) is 0.137. The van der Waals surface area contributed by atoms with E-state index in [-0.39, 0.29) is 10.8 Å². The van der Waals surface area contributed by atoms with E-state index < -0.39 is 5.41 Å². The van der Waals surface area contributed by atoms with E-state index in [1.54, 1.807) is 0 Å². The fraction of sp³-hybridized carbons (Fsp3) is 0.103. The van der Waals surface area contributed by atoms with Gasteiger partial charge in [-0.1, -0.05) is 136 Å². The van der Waals surface area contributed by atoms with E-state index in [1.807, 2.05) is 6.20 Å². The minimum absolute atomic E-state index is 0.106. The summed E-state index contributed by atoms with van der Waals surface area (Å²) in [7, 11) is 0. The van der Waals surface area contributed by atoms with E-state index in [2.05, 4.69) is 383 Å². The van der Waals surface area contributed by atoms with Crippen LogP contribution in [0.1, 0.15) is 74.9 Å². The Hall–Kier alpha value is -10.7. The number of hydrogen-bond acceptors (Lipinski definition) is 4. The van der Waals surface area contributed by atoms with Gasteiger partial charge in [0, 0.05) is 11.9 Å². The third kappa shape index (κ3) is 9.90. The molecule has 0 saturated carbocycles. The topological polar surface area (TPSA) is 38.5 Å². The van der Waals surface area contributed by atoms with E-state index in [1.165, 1.54) is 33.4 Å². The molecule has 2 aromatic heterocycles. The summed E-state index contributed by atoms with van der Waals surface area (Å²) < 4.78 is 13.2. The number of aromatic nitrogens is 3. The van der Waals surface area contributed by atoms with Gasteiger partial charge in [0.25, 0.3) is 0 Å². The Labute approximate surface area is 561 Å². The van der Waals surface area contributed by atoms with Crippen molar-refractivity contribution < 1.29 is 24.1 Å². The van der Waals surface area contributed by atoms with Crippen LogP contribution in [0, 0.1) is 3.80 Å². The summed E-state index contributed by atoms with van der Waals surface area (Å²) in [6.07, 6.45) is 1.97. The van der Waals surface area contributed by atoms with Gasteiger partial charge in [-0.3, -0.25) is 0 Å². The van der Waals surface area contributed by atoms with Crippen molar-refractivity contribution in [1.82, 2.24) is 14.1 Å². The summed E-state index contributed by atoms with van der Waals surface area (Å²) in [5.41, 5.74) is 24.8. The van der Waals surface area contributed by atoms with E-state index in [4.69, 9.17) is 9.72 Å². The van der Waals surface area contributed by atoms with Crippen LogP contribution >= 0.6 is 0 Å². The van der Waals surface area contributed by atoms with Crippen molar-refractivity contribution in [2.75, 3.05) is 9.80 Å². The van der Waals surface area contributed by atoms with Gasteiger partial charge in [0.2, 0.25) is 0 Å². The van der Waals surface area contributed by atoms with Gasteiger partial charge in [0.1, 0.15) is 0 Å². The molecule has 0 aliphatic carbocycles. The van der Waals surface area contributed by atoms with E-state index in [0.29, 0.717) is 11.5 Å². The molecule has 4 heterocycles. The van der Waals surface area contributed by atoms with Crippen molar-refractivity contribution in [3.8, 4) is 67.4 Å². The molecule has 16 rings (SSSR count). The zero-order valence-corrected chi connectivity index (χ0v) is 55.7. The van der Waals surface area contributed by atoms with Gasteiger partial charge >= 0.3 is 331 Å². The number of para-hydroxylation sites is 4. The van der Waals surface area contributed by atoms with Crippen molar-refractivity contribution in [2.45, 2.75) is 57.8 Å². The molecule has 458 valence electrons. The first-order valence-corrected chi connectivity index (χ1v) is 33.5. The molecule has 0 saturated heterocycles. The summed E-state index contributed by atoms with van der Waals surface area (Å²) in [5.74, 6) is 2.23. The predicted octanol–water partition coefficient (Wildman–Crippen LogP) is 22.9. The fourth-order valence-electron chi connectivity index (χ4n) is 14.4. The summed E-state index contributed by atoms with van der Waals surface area (Å²) >= 11 is 2.55. The molecular weight excluding hydrogens is 1330 g/mol.